The number of piperidine rings is 1. The first-order valence-corrected chi connectivity index (χ1v) is 6.71. The topological polar surface area (TPSA) is 42.1 Å². The van der Waals surface area contributed by atoms with E-state index in [1.165, 1.54) is 25.8 Å². The Morgan fingerprint density at radius 1 is 1.47 bits per heavy atom. The van der Waals surface area contributed by atoms with Crippen LogP contribution in [0.25, 0.3) is 0 Å². The van der Waals surface area contributed by atoms with Gasteiger partial charge in [-0.1, -0.05) is 19.4 Å². The monoisotopic (exact) mass is 233 g/mol. The molecule has 2 N–H and O–H groups in total. The summed E-state index contributed by atoms with van der Waals surface area (Å²) >= 11 is 0. The van der Waals surface area contributed by atoms with E-state index in [1.54, 1.807) is 0 Å². The van der Waals surface area contributed by atoms with Crippen LogP contribution in [0.15, 0.2) is 24.4 Å². The Kier molecular flexibility index (Phi) is 4.51. The third-order valence-electron chi connectivity index (χ3n) is 3.86. The number of pyridine rings is 1. The van der Waals surface area contributed by atoms with Gasteiger partial charge in [-0.3, -0.25) is 9.88 Å². The molecule has 1 aromatic heterocycles. The highest BCUT2D eigenvalue weighted by Gasteiger charge is 2.29. The molecule has 2 atom stereocenters. The highest BCUT2D eigenvalue weighted by molar-refractivity contribution is 5.13. The summed E-state index contributed by atoms with van der Waals surface area (Å²) < 4.78 is 0. The maximum atomic E-state index is 5.99. The van der Waals surface area contributed by atoms with Gasteiger partial charge in [-0.25, -0.2) is 0 Å². The Balaban J connectivity index is 2.16. The SMILES string of the molecule is CCN1CCCCC1C(CN)c1ccccn1. The molecule has 1 saturated heterocycles. The van der Waals surface area contributed by atoms with E-state index >= 15 is 0 Å². The molecule has 2 heterocycles. The second-order valence-corrected chi connectivity index (χ2v) is 4.79. The average Bonchev–Trinajstić information content (AvgIpc) is 2.41. The van der Waals surface area contributed by atoms with Crippen molar-refractivity contribution in [2.75, 3.05) is 19.6 Å². The summed E-state index contributed by atoms with van der Waals surface area (Å²) in [6, 6.07) is 6.72. The van der Waals surface area contributed by atoms with Gasteiger partial charge in [0.2, 0.25) is 0 Å². The molecule has 2 rings (SSSR count). The van der Waals surface area contributed by atoms with Crippen molar-refractivity contribution in [2.45, 2.75) is 38.1 Å². The van der Waals surface area contributed by atoms with E-state index in [-0.39, 0.29) is 0 Å². The Hall–Kier alpha value is -0.930. The molecule has 1 fully saturated rings. The molecular weight excluding hydrogens is 210 g/mol. The number of rotatable bonds is 4. The quantitative estimate of drug-likeness (QED) is 0.865. The molecule has 3 nitrogen and oxygen atoms in total. The van der Waals surface area contributed by atoms with Crippen LogP contribution in [-0.2, 0) is 0 Å². The van der Waals surface area contributed by atoms with Crippen molar-refractivity contribution >= 4 is 0 Å². The van der Waals surface area contributed by atoms with Crippen LogP contribution in [0.1, 0.15) is 37.8 Å². The van der Waals surface area contributed by atoms with Crippen LogP contribution in [-0.4, -0.2) is 35.6 Å². The van der Waals surface area contributed by atoms with Gasteiger partial charge in [0.1, 0.15) is 0 Å². The average molecular weight is 233 g/mol. The van der Waals surface area contributed by atoms with Gasteiger partial charge < -0.3 is 5.73 Å². The first kappa shape index (κ1) is 12.5. The van der Waals surface area contributed by atoms with E-state index in [4.69, 9.17) is 5.73 Å². The Morgan fingerprint density at radius 2 is 2.35 bits per heavy atom. The molecule has 0 radical (unpaired) electrons. The van der Waals surface area contributed by atoms with Crippen molar-refractivity contribution in [2.24, 2.45) is 5.73 Å². The fourth-order valence-electron chi connectivity index (χ4n) is 2.94. The lowest BCUT2D eigenvalue weighted by molar-refractivity contribution is 0.132. The number of aromatic nitrogens is 1. The second-order valence-electron chi connectivity index (χ2n) is 4.79. The summed E-state index contributed by atoms with van der Waals surface area (Å²) in [5.74, 6) is 0.386. The highest BCUT2D eigenvalue weighted by atomic mass is 15.2. The molecule has 0 bridgehead atoms. The predicted octanol–water partition coefficient (Wildman–Crippen LogP) is 2.00. The zero-order chi connectivity index (χ0) is 12.1. The van der Waals surface area contributed by atoms with Gasteiger partial charge in [0, 0.05) is 30.4 Å². The molecule has 3 heteroatoms. The molecule has 0 aromatic carbocycles. The van der Waals surface area contributed by atoms with Gasteiger partial charge in [-0.05, 0) is 38.1 Å². The Labute approximate surface area is 104 Å². The van der Waals surface area contributed by atoms with Crippen LogP contribution >= 0.6 is 0 Å². The summed E-state index contributed by atoms with van der Waals surface area (Å²) in [5, 5.41) is 0. The van der Waals surface area contributed by atoms with Crippen LogP contribution in [0.3, 0.4) is 0 Å². The minimum Gasteiger partial charge on any atom is -0.330 e. The maximum absolute atomic E-state index is 5.99. The summed E-state index contributed by atoms with van der Waals surface area (Å²) in [6.45, 7) is 5.26. The summed E-state index contributed by atoms with van der Waals surface area (Å²) in [5.41, 5.74) is 7.14. The summed E-state index contributed by atoms with van der Waals surface area (Å²) in [4.78, 5) is 7.05. The summed E-state index contributed by atoms with van der Waals surface area (Å²) in [7, 11) is 0. The molecule has 0 saturated carbocycles. The van der Waals surface area contributed by atoms with Gasteiger partial charge in [-0.15, -0.1) is 0 Å². The van der Waals surface area contributed by atoms with Crippen molar-refractivity contribution in [1.29, 1.82) is 0 Å². The molecule has 0 aliphatic carbocycles. The Morgan fingerprint density at radius 3 is 3.00 bits per heavy atom. The molecule has 94 valence electrons. The van der Waals surface area contributed by atoms with Gasteiger partial charge in [-0.2, -0.15) is 0 Å². The van der Waals surface area contributed by atoms with Crippen LogP contribution in [0.2, 0.25) is 0 Å². The fraction of sp³-hybridized carbons (Fsp3) is 0.643. The van der Waals surface area contributed by atoms with Crippen molar-refractivity contribution in [1.82, 2.24) is 9.88 Å². The van der Waals surface area contributed by atoms with Gasteiger partial charge in [0.05, 0.1) is 0 Å². The molecule has 17 heavy (non-hydrogen) atoms. The lowest BCUT2D eigenvalue weighted by atomic mass is 9.87. The van der Waals surface area contributed by atoms with Crippen molar-refractivity contribution in [3.8, 4) is 0 Å². The number of hydrogen-bond acceptors (Lipinski definition) is 3. The standard InChI is InChI=1S/C14H23N3/c1-2-17-10-6-4-8-14(17)12(11-15)13-7-3-5-9-16-13/h3,5,7,9,12,14H,2,4,6,8,10-11,15H2,1H3. The third kappa shape index (κ3) is 2.85. The van der Waals surface area contributed by atoms with Crippen LogP contribution in [0.5, 0.6) is 0 Å². The summed E-state index contributed by atoms with van der Waals surface area (Å²) in [6.07, 6.45) is 5.78. The molecule has 2 unspecified atom stereocenters. The van der Waals surface area contributed by atoms with E-state index in [0.29, 0.717) is 18.5 Å². The van der Waals surface area contributed by atoms with Crippen molar-refractivity contribution in [3.05, 3.63) is 30.1 Å². The first-order chi connectivity index (χ1) is 8.36. The van der Waals surface area contributed by atoms with Crippen LogP contribution in [0.4, 0.5) is 0 Å². The van der Waals surface area contributed by atoms with Gasteiger partial charge in [0.25, 0.3) is 0 Å². The predicted molar refractivity (Wildman–Crippen MR) is 70.9 cm³/mol. The number of likely N-dealkylation sites (tertiary alicyclic amines) is 1. The number of likely N-dealkylation sites (N-methyl/N-ethyl adjacent to an activating group) is 1. The van der Waals surface area contributed by atoms with Crippen LogP contribution in [0, 0.1) is 0 Å². The van der Waals surface area contributed by atoms with Crippen molar-refractivity contribution in [3.63, 3.8) is 0 Å². The fourth-order valence-corrected chi connectivity index (χ4v) is 2.94. The molecule has 1 aliphatic rings. The van der Waals surface area contributed by atoms with E-state index in [9.17, 15) is 0 Å². The van der Waals surface area contributed by atoms with Crippen LogP contribution < -0.4 is 5.73 Å². The Bertz CT molecular complexity index is 325. The van der Waals surface area contributed by atoms with E-state index in [1.807, 2.05) is 12.3 Å². The minimum absolute atomic E-state index is 0.386. The van der Waals surface area contributed by atoms with E-state index < -0.39 is 0 Å². The second kappa shape index (κ2) is 6.12. The maximum Gasteiger partial charge on any atom is 0.0462 e. The number of nitrogens with two attached hydrogens (primary N) is 1. The third-order valence-corrected chi connectivity index (χ3v) is 3.86. The number of nitrogens with zero attached hydrogens (tertiary/aromatic N) is 2. The largest absolute Gasteiger partial charge is 0.330 e. The lowest BCUT2D eigenvalue weighted by Crippen LogP contribution is -2.45. The van der Waals surface area contributed by atoms with Gasteiger partial charge >= 0.3 is 0 Å². The number of hydrogen-bond donors (Lipinski definition) is 1. The van der Waals surface area contributed by atoms with E-state index in [2.05, 4.69) is 28.9 Å². The minimum atomic E-state index is 0.386. The normalized spacial score (nSPS) is 23.5. The molecule has 1 aromatic rings. The molecular formula is C14H23N3. The first-order valence-electron chi connectivity index (χ1n) is 6.71. The molecule has 1 aliphatic heterocycles. The molecule has 0 spiro atoms. The lowest BCUT2D eigenvalue weighted by Gasteiger charge is -2.39. The highest BCUT2D eigenvalue weighted by Crippen LogP contribution is 2.28. The zero-order valence-corrected chi connectivity index (χ0v) is 10.7. The molecule has 0 amide bonds. The zero-order valence-electron chi connectivity index (χ0n) is 10.7. The van der Waals surface area contributed by atoms with Gasteiger partial charge in [0.15, 0.2) is 0 Å². The van der Waals surface area contributed by atoms with Crippen molar-refractivity contribution < 1.29 is 0 Å². The smallest absolute Gasteiger partial charge is 0.0462 e. The van der Waals surface area contributed by atoms with E-state index in [0.717, 1.165) is 12.2 Å².